The van der Waals surface area contributed by atoms with E-state index in [9.17, 15) is 14.9 Å². The number of para-hydroxylation sites is 1. The molecular formula is C29H35N3O7. The van der Waals surface area contributed by atoms with Gasteiger partial charge in [0.15, 0.2) is 0 Å². The summed E-state index contributed by atoms with van der Waals surface area (Å²) in [6.07, 6.45) is 4.17. The zero-order chi connectivity index (χ0) is 27.5. The van der Waals surface area contributed by atoms with Gasteiger partial charge in [0.25, 0.3) is 5.69 Å². The molecule has 10 nitrogen and oxygen atoms in total. The molecule has 0 aromatic heterocycles. The molecule has 1 unspecified atom stereocenters. The van der Waals surface area contributed by atoms with Crippen LogP contribution in [-0.2, 0) is 24.4 Å². The van der Waals surface area contributed by atoms with Gasteiger partial charge in [-0.15, -0.1) is 0 Å². The normalized spacial score (nSPS) is 22.8. The summed E-state index contributed by atoms with van der Waals surface area (Å²) in [5.41, 5.74) is 0.432. The summed E-state index contributed by atoms with van der Waals surface area (Å²) in [5.74, 6) is 0.656. The highest BCUT2D eigenvalue weighted by atomic mass is 16.6. The number of carbonyl (C=O) groups is 1. The fourth-order valence-corrected chi connectivity index (χ4v) is 5.74. The Morgan fingerprint density at radius 3 is 2.31 bits per heavy atom. The summed E-state index contributed by atoms with van der Waals surface area (Å²) in [6, 6.07) is 12.8. The van der Waals surface area contributed by atoms with Crippen LogP contribution in [0.4, 0.5) is 11.4 Å². The molecule has 10 heteroatoms. The highest BCUT2D eigenvalue weighted by Gasteiger charge is 2.61. The number of anilines is 1. The van der Waals surface area contributed by atoms with Gasteiger partial charge in [-0.1, -0.05) is 24.3 Å². The average molecular weight is 538 g/mol. The molecule has 5 rings (SSSR count). The number of fused-ring (bicyclic) bond motifs is 2. The Labute approximate surface area is 228 Å². The molecule has 2 aromatic carbocycles. The van der Waals surface area contributed by atoms with E-state index in [2.05, 4.69) is 0 Å². The van der Waals surface area contributed by atoms with Crippen LogP contribution in [0, 0.1) is 10.1 Å². The Bertz CT molecular complexity index is 1240. The molecule has 39 heavy (non-hydrogen) atoms. The highest BCUT2D eigenvalue weighted by molar-refractivity contribution is 5.80. The van der Waals surface area contributed by atoms with E-state index in [4.69, 9.17) is 18.9 Å². The van der Waals surface area contributed by atoms with Crippen LogP contribution in [0.15, 0.2) is 48.5 Å². The monoisotopic (exact) mass is 537 g/mol. The van der Waals surface area contributed by atoms with Gasteiger partial charge in [0.2, 0.25) is 11.6 Å². The van der Waals surface area contributed by atoms with Gasteiger partial charge in [0, 0.05) is 37.7 Å². The maximum Gasteiger partial charge on any atom is 0.275 e. The van der Waals surface area contributed by atoms with E-state index < -0.39 is 11.1 Å². The van der Waals surface area contributed by atoms with Crippen LogP contribution in [0.1, 0.15) is 31.4 Å². The van der Waals surface area contributed by atoms with E-state index in [0.717, 1.165) is 5.56 Å². The zero-order valence-corrected chi connectivity index (χ0v) is 22.5. The number of nitro benzene ring substituents is 1. The second-order valence-corrected chi connectivity index (χ2v) is 10.3. The Balaban J connectivity index is 1.44. The van der Waals surface area contributed by atoms with Gasteiger partial charge in [-0.05, 0) is 38.1 Å². The number of nitro groups is 1. The molecule has 1 fully saturated rings. The van der Waals surface area contributed by atoms with Crippen molar-refractivity contribution in [3.63, 3.8) is 0 Å². The molecule has 1 amide bonds. The lowest BCUT2D eigenvalue weighted by Crippen LogP contribution is -2.60. The first kappa shape index (κ1) is 27.1. The number of rotatable bonds is 4. The van der Waals surface area contributed by atoms with Crippen molar-refractivity contribution in [2.75, 3.05) is 64.2 Å². The predicted octanol–water partition coefficient (Wildman–Crippen LogP) is 3.78. The van der Waals surface area contributed by atoms with Crippen LogP contribution < -0.4 is 9.64 Å². The maximum absolute atomic E-state index is 13.5. The third-order valence-corrected chi connectivity index (χ3v) is 7.76. The summed E-state index contributed by atoms with van der Waals surface area (Å²) in [7, 11) is 0. The lowest BCUT2D eigenvalue weighted by molar-refractivity contribution is -0.386. The Morgan fingerprint density at radius 1 is 0.949 bits per heavy atom. The molecule has 3 heterocycles. The number of ether oxygens (including phenoxy) is 4. The Hall–Kier alpha value is -3.47. The number of hydrogen-bond acceptors (Lipinski definition) is 8. The lowest BCUT2D eigenvalue weighted by atomic mass is 9.75. The molecule has 208 valence electrons. The second kappa shape index (κ2) is 11.3. The molecule has 1 saturated heterocycles. The fourth-order valence-electron chi connectivity index (χ4n) is 5.74. The molecule has 1 atom stereocenters. The summed E-state index contributed by atoms with van der Waals surface area (Å²) < 4.78 is 23.4. The molecule has 2 aromatic rings. The summed E-state index contributed by atoms with van der Waals surface area (Å²) in [4.78, 5) is 29.0. The van der Waals surface area contributed by atoms with Crippen LogP contribution in [0.25, 0.3) is 6.08 Å². The van der Waals surface area contributed by atoms with Crippen LogP contribution in [-0.4, -0.2) is 80.7 Å². The van der Waals surface area contributed by atoms with E-state index in [1.54, 1.807) is 11.0 Å². The molecule has 0 radical (unpaired) electrons. The van der Waals surface area contributed by atoms with E-state index in [1.807, 2.05) is 61.2 Å². The van der Waals surface area contributed by atoms with Gasteiger partial charge in [-0.3, -0.25) is 14.9 Å². The minimum absolute atomic E-state index is 0.0393. The summed E-state index contributed by atoms with van der Waals surface area (Å²) in [6.45, 7) is 7.88. The first-order chi connectivity index (χ1) is 18.8. The number of nitrogens with zero attached hydrogens (tertiary/aromatic N) is 3. The summed E-state index contributed by atoms with van der Waals surface area (Å²) in [5, 5.41) is 12.1. The van der Waals surface area contributed by atoms with Crippen molar-refractivity contribution in [3.8, 4) is 5.75 Å². The largest absolute Gasteiger partial charge is 0.463 e. The molecule has 3 aliphatic rings. The summed E-state index contributed by atoms with van der Waals surface area (Å²) >= 11 is 0. The minimum atomic E-state index is -1.05. The van der Waals surface area contributed by atoms with Crippen LogP contribution in [0.2, 0.25) is 0 Å². The molecule has 3 aliphatic heterocycles. The van der Waals surface area contributed by atoms with Gasteiger partial charge in [-0.25, -0.2) is 0 Å². The molecule has 0 aliphatic carbocycles. The third kappa shape index (κ3) is 5.11. The second-order valence-electron chi connectivity index (χ2n) is 10.3. The van der Waals surface area contributed by atoms with E-state index in [-0.39, 0.29) is 22.9 Å². The van der Waals surface area contributed by atoms with Crippen LogP contribution in [0.3, 0.4) is 0 Å². The third-order valence-electron chi connectivity index (χ3n) is 7.76. The van der Waals surface area contributed by atoms with Gasteiger partial charge in [0.05, 0.1) is 61.2 Å². The van der Waals surface area contributed by atoms with E-state index in [0.29, 0.717) is 76.3 Å². The number of hydrogen-bond donors (Lipinski definition) is 0. The number of amides is 1. The van der Waals surface area contributed by atoms with Crippen molar-refractivity contribution in [2.24, 2.45) is 0 Å². The number of carbonyl (C=O) groups excluding carboxylic acids is 1. The van der Waals surface area contributed by atoms with Crippen molar-refractivity contribution >= 4 is 23.4 Å². The highest BCUT2D eigenvalue weighted by Crippen LogP contribution is 2.57. The van der Waals surface area contributed by atoms with Crippen molar-refractivity contribution in [3.05, 3.63) is 69.8 Å². The molecule has 0 bridgehead atoms. The Morgan fingerprint density at radius 2 is 1.62 bits per heavy atom. The maximum atomic E-state index is 13.5. The lowest BCUT2D eigenvalue weighted by Gasteiger charge is -2.47. The van der Waals surface area contributed by atoms with E-state index >= 15 is 0 Å². The molecular weight excluding hydrogens is 502 g/mol. The smallest absolute Gasteiger partial charge is 0.275 e. The standard InChI is InChI=1S/C29H35N3O7/c1-28(2)27-23(7-5-8-24(27)32(34)35)31(29(28)12-10-22-6-3-4-9-25(22)39-29)13-11-26(33)30-14-16-36-18-20-38-21-19-37-17-15-30/h3-10,12H,11,13-21H2,1-2H3. The van der Waals surface area contributed by atoms with Gasteiger partial charge in [0.1, 0.15) is 5.75 Å². The molecule has 0 N–H and O–H groups in total. The quantitative estimate of drug-likeness (QED) is 0.429. The average Bonchev–Trinajstić information content (AvgIpc) is 3.10. The van der Waals surface area contributed by atoms with Gasteiger partial charge in [-0.2, -0.15) is 0 Å². The predicted molar refractivity (Wildman–Crippen MR) is 146 cm³/mol. The first-order valence-corrected chi connectivity index (χ1v) is 13.4. The first-order valence-electron chi connectivity index (χ1n) is 13.4. The molecule has 0 saturated carbocycles. The van der Waals surface area contributed by atoms with Gasteiger partial charge >= 0.3 is 0 Å². The fraction of sp³-hybridized carbons (Fsp3) is 0.483. The van der Waals surface area contributed by atoms with Gasteiger partial charge < -0.3 is 28.7 Å². The topological polar surface area (TPSA) is 104 Å². The SMILES string of the molecule is CC1(C)c2c(cccc2[N+](=O)[O-])N(CCC(=O)N2CCOCCOCCOCC2)C12C=Cc1ccccc1O2. The van der Waals surface area contributed by atoms with Crippen molar-refractivity contribution in [2.45, 2.75) is 31.4 Å². The van der Waals surface area contributed by atoms with Crippen molar-refractivity contribution in [1.82, 2.24) is 4.90 Å². The Kier molecular flexibility index (Phi) is 7.88. The van der Waals surface area contributed by atoms with Crippen LogP contribution in [0.5, 0.6) is 5.75 Å². The number of benzene rings is 2. The van der Waals surface area contributed by atoms with Crippen LogP contribution >= 0.6 is 0 Å². The van der Waals surface area contributed by atoms with E-state index in [1.165, 1.54) is 6.07 Å². The zero-order valence-electron chi connectivity index (χ0n) is 22.5. The van der Waals surface area contributed by atoms with Crippen molar-refractivity contribution in [1.29, 1.82) is 0 Å². The van der Waals surface area contributed by atoms with Crippen molar-refractivity contribution < 1.29 is 28.7 Å². The molecule has 1 spiro atoms. The minimum Gasteiger partial charge on any atom is -0.463 e.